The average Bonchev–Trinajstić information content (AvgIpc) is 2.78. The fraction of sp³-hybridized carbons (Fsp3) is 0.278. The molecule has 0 bridgehead atoms. The van der Waals surface area contributed by atoms with Gasteiger partial charge in [-0.15, -0.1) is 0 Å². The van der Waals surface area contributed by atoms with Crippen LogP contribution in [0.3, 0.4) is 0 Å². The molecule has 3 heteroatoms. The third-order valence-corrected chi connectivity index (χ3v) is 3.78. The molecule has 0 radical (unpaired) electrons. The van der Waals surface area contributed by atoms with Gasteiger partial charge < -0.3 is 9.14 Å². The van der Waals surface area contributed by atoms with Crippen LogP contribution in [0.1, 0.15) is 27.9 Å². The first-order valence-corrected chi connectivity index (χ1v) is 7.18. The fourth-order valence-corrected chi connectivity index (χ4v) is 2.81. The van der Waals surface area contributed by atoms with Gasteiger partial charge in [-0.05, 0) is 56.5 Å². The molecule has 0 fully saturated rings. The van der Waals surface area contributed by atoms with Crippen molar-refractivity contribution >= 4 is 5.65 Å². The van der Waals surface area contributed by atoms with Crippen LogP contribution in [0.15, 0.2) is 36.7 Å². The maximum atomic E-state index is 6.04. The predicted octanol–water partition coefficient (Wildman–Crippen LogP) is 4.15. The number of fused-ring (bicyclic) bond motifs is 1. The van der Waals surface area contributed by atoms with E-state index in [4.69, 9.17) is 4.74 Å². The molecule has 21 heavy (non-hydrogen) atoms. The summed E-state index contributed by atoms with van der Waals surface area (Å²) in [4.78, 5) is 4.52. The Labute approximate surface area is 125 Å². The topological polar surface area (TPSA) is 26.5 Å². The first kappa shape index (κ1) is 13.7. The van der Waals surface area contributed by atoms with Crippen LogP contribution in [0.25, 0.3) is 5.65 Å². The molecule has 0 saturated heterocycles. The number of aromatic nitrogens is 2. The van der Waals surface area contributed by atoms with E-state index in [1.165, 1.54) is 22.3 Å². The van der Waals surface area contributed by atoms with Crippen molar-refractivity contribution < 1.29 is 4.74 Å². The van der Waals surface area contributed by atoms with Gasteiger partial charge >= 0.3 is 0 Å². The lowest BCUT2D eigenvalue weighted by Gasteiger charge is -2.13. The number of pyridine rings is 1. The molecule has 0 saturated carbocycles. The van der Waals surface area contributed by atoms with Crippen molar-refractivity contribution in [3.05, 3.63) is 64.6 Å². The van der Waals surface area contributed by atoms with E-state index in [1.54, 1.807) is 0 Å². The number of benzene rings is 1. The summed E-state index contributed by atoms with van der Waals surface area (Å²) in [6.07, 6.45) is 4.00. The van der Waals surface area contributed by atoms with Crippen molar-refractivity contribution in [3.63, 3.8) is 0 Å². The number of aryl methyl sites for hydroxylation is 4. The van der Waals surface area contributed by atoms with Crippen LogP contribution in [0.5, 0.6) is 5.75 Å². The zero-order valence-corrected chi connectivity index (χ0v) is 13.0. The van der Waals surface area contributed by atoms with Crippen molar-refractivity contribution in [2.45, 2.75) is 34.3 Å². The molecule has 3 nitrogen and oxygen atoms in total. The standard InChI is InChI=1S/C18H20N2O/c1-12-8-13(2)16(14(3)9-12)11-21-17-6-5-7-20-10-15(4)19-18(17)20/h5-10H,11H2,1-4H3. The second-order valence-corrected chi connectivity index (χ2v) is 5.65. The van der Waals surface area contributed by atoms with Crippen LogP contribution in [0.4, 0.5) is 0 Å². The minimum absolute atomic E-state index is 0.573. The lowest BCUT2D eigenvalue weighted by molar-refractivity contribution is 0.306. The Hall–Kier alpha value is -2.29. The van der Waals surface area contributed by atoms with Crippen LogP contribution in [-0.4, -0.2) is 9.38 Å². The molecule has 2 aromatic heterocycles. The van der Waals surface area contributed by atoms with Crippen LogP contribution in [0.2, 0.25) is 0 Å². The predicted molar refractivity (Wildman–Crippen MR) is 84.9 cm³/mol. The molecule has 0 unspecified atom stereocenters. The summed E-state index contributed by atoms with van der Waals surface area (Å²) in [5.74, 6) is 0.824. The Kier molecular flexibility index (Phi) is 3.42. The van der Waals surface area contributed by atoms with Crippen molar-refractivity contribution in [1.82, 2.24) is 9.38 Å². The molecule has 0 amide bonds. The molecule has 0 aliphatic rings. The van der Waals surface area contributed by atoms with Crippen LogP contribution < -0.4 is 4.74 Å². The Morgan fingerprint density at radius 2 is 1.81 bits per heavy atom. The van der Waals surface area contributed by atoms with Gasteiger partial charge in [0.05, 0.1) is 5.69 Å². The second-order valence-electron chi connectivity index (χ2n) is 5.65. The van der Waals surface area contributed by atoms with Crippen LogP contribution in [-0.2, 0) is 6.61 Å². The van der Waals surface area contributed by atoms with Gasteiger partial charge in [-0.25, -0.2) is 4.98 Å². The van der Waals surface area contributed by atoms with Gasteiger partial charge in [0, 0.05) is 12.4 Å². The van der Waals surface area contributed by atoms with Crippen molar-refractivity contribution in [1.29, 1.82) is 0 Å². The normalized spacial score (nSPS) is 11.0. The molecular formula is C18H20N2O. The molecule has 108 valence electrons. The summed E-state index contributed by atoms with van der Waals surface area (Å²) in [5, 5.41) is 0. The fourth-order valence-electron chi connectivity index (χ4n) is 2.81. The first-order valence-electron chi connectivity index (χ1n) is 7.18. The molecule has 0 spiro atoms. The second kappa shape index (κ2) is 5.24. The summed E-state index contributed by atoms with van der Waals surface area (Å²) in [7, 11) is 0. The highest BCUT2D eigenvalue weighted by molar-refractivity contribution is 5.54. The van der Waals surface area contributed by atoms with Crippen molar-refractivity contribution in [2.24, 2.45) is 0 Å². The van der Waals surface area contributed by atoms with E-state index in [2.05, 4.69) is 37.9 Å². The van der Waals surface area contributed by atoms with E-state index in [0.29, 0.717) is 6.61 Å². The van der Waals surface area contributed by atoms with Gasteiger partial charge in [0.1, 0.15) is 6.61 Å². The summed E-state index contributed by atoms with van der Waals surface area (Å²) in [5.41, 5.74) is 6.97. The Morgan fingerprint density at radius 3 is 2.52 bits per heavy atom. The smallest absolute Gasteiger partial charge is 0.179 e. The summed E-state index contributed by atoms with van der Waals surface area (Å²) >= 11 is 0. The number of hydrogen-bond acceptors (Lipinski definition) is 2. The van der Waals surface area contributed by atoms with Crippen LogP contribution >= 0.6 is 0 Å². The van der Waals surface area contributed by atoms with Gasteiger partial charge in [-0.1, -0.05) is 17.7 Å². The third kappa shape index (κ3) is 2.64. The van der Waals surface area contributed by atoms with Gasteiger partial charge in [0.15, 0.2) is 11.4 Å². The SMILES string of the molecule is Cc1cc(C)c(COc2cccn3cc(C)nc23)c(C)c1. The minimum atomic E-state index is 0.573. The zero-order chi connectivity index (χ0) is 15.0. The van der Waals surface area contributed by atoms with E-state index in [9.17, 15) is 0 Å². The van der Waals surface area contributed by atoms with Gasteiger partial charge in [0.25, 0.3) is 0 Å². The average molecular weight is 280 g/mol. The Bertz CT molecular complexity index is 779. The third-order valence-electron chi connectivity index (χ3n) is 3.78. The number of hydrogen-bond donors (Lipinski definition) is 0. The van der Waals surface area contributed by atoms with Gasteiger partial charge in [-0.3, -0.25) is 0 Å². The molecule has 2 heterocycles. The molecule has 3 aromatic rings. The number of nitrogens with zero attached hydrogens (tertiary/aromatic N) is 2. The molecule has 0 atom stereocenters. The number of imidazole rings is 1. The maximum absolute atomic E-state index is 6.04. The largest absolute Gasteiger partial charge is 0.485 e. The minimum Gasteiger partial charge on any atom is -0.485 e. The lowest BCUT2D eigenvalue weighted by atomic mass is 10.0. The number of rotatable bonds is 3. The van der Waals surface area contributed by atoms with Crippen molar-refractivity contribution in [2.75, 3.05) is 0 Å². The highest BCUT2D eigenvalue weighted by Gasteiger charge is 2.08. The summed E-state index contributed by atoms with van der Waals surface area (Å²) < 4.78 is 8.04. The zero-order valence-electron chi connectivity index (χ0n) is 13.0. The molecule has 3 rings (SSSR count). The van der Waals surface area contributed by atoms with E-state index >= 15 is 0 Å². The molecule has 0 aliphatic heterocycles. The highest BCUT2D eigenvalue weighted by Crippen LogP contribution is 2.22. The number of ether oxygens (including phenoxy) is 1. The lowest BCUT2D eigenvalue weighted by Crippen LogP contribution is -2.02. The highest BCUT2D eigenvalue weighted by atomic mass is 16.5. The summed E-state index contributed by atoms with van der Waals surface area (Å²) in [6.45, 7) is 8.96. The van der Waals surface area contributed by atoms with Crippen LogP contribution in [0, 0.1) is 27.7 Å². The van der Waals surface area contributed by atoms with Gasteiger partial charge in [-0.2, -0.15) is 0 Å². The van der Waals surface area contributed by atoms with E-state index in [0.717, 1.165) is 17.1 Å². The molecule has 0 N–H and O–H groups in total. The summed E-state index contributed by atoms with van der Waals surface area (Å²) in [6, 6.07) is 8.36. The van der Waals surface area contributed by atoms with Crippen molar-refractivity contribution in [3.8, 4) is 5.75 Å². The monoisotopic (exact) mass is 280 g/mol. The first-order chi connectivity index (χ1) is 10.0. The molecule has 0 aliphatic carbocycles. The maximum Gasteiger partial charge on any atom is 0.179 e. The van der Waals surface area contributed by atoms with E-state index < -0.39 is 0 Å². The molecular weight excluding hydrogens is 260 g/mol. The van der Waals surface area contributed by atoms with Gasteiger partial charge in [0.2, 0.25) is 0 Å². The quantitative estimate of drug-likeness (QED) is 0.720. The van der Waals surface area contributed by atoms with E-state index in [1.807, 2.05) is 35.9 Å². The van der Waals surface area contributed by atoms with E-state index in [-0.39, 0.29) is 0 Å². The molecule has 1 aromatic carbocycles. The Morgan fingerprint density at radius 1 is 1.10 bits per heavy atom. The Balaban J connectivity index is 1.90.